The number of aromatic nitrogens is 2. The smallest absolute Gasteiger partial charge is 0.225 e. The van der Waals surface area contributed by atoms with Crippen LogP contribution >= 0.6 is 0 Å². The topological polar surface area (TPSA) is 84.4 Å². The van der Waals surface area contributed by atoms with Crippen molar-refractivity contribution in [2.75, 3.05) is 19.7 Å². The van der Waals surface area contributed by atoms with E-state index in [0.29, 0.717) is 38.6 Å². The summed E-state index contributed by atoms with van der Waals surface area (Å²) in [7, 11) is 0. The van der Waals surface area contributed by atoms with Crippen molar-refractivity contribution in [3.05, 3.63) is 24.3 Å². The van der Waals surface area contributed by atoms with Crippen LogP contribution in [0.15, 0.2) is 18.7 Å². The van der Waals surface area contributed by atoms with Crippen LogP contribution in [0.2, 0.25) is 0 Å². The van der Waals surface area contributed by atoms with E-state index >= 15 is 0 Å². The van der Waals surface area contributed by atoms with Gasteiger partial charge in [0.05, 0.1) is 12.0 Å². The summed E-state index contributed by atoms with van der Waals surface area (Å²) in [6, 6.07) is 0.345. The zero-order valence-electron chi connectivity index (χ0n) is 14.3. The van der Waals surface area contributed by atoms with Crippen LogP contribution < -0.4 is 5.32 Å². The molecule has 4 rings (SSSR count). The number of piperidine rings is 1. The van der Waals surface area contributed by atoms with Crippen molar-refractivity contribution in [2.24, 2.45) is 11.8 Å². The summed E-state index contributed by atoms with van der Waals surface area (Å²) >= 11 is 0. The lowest BCUT2D eigenvalue weighted by Gasteiger charge is -2.39. The van der Waals surface area contributed by atoms with Crippen molar-refractivity contribution in [3.63, 3.8) is 0 Å². The molecule has 0 bridgehead atoms. The summed E-state index contributed by atoms with van der Waals surface area (Å²) in [5, 5.41) is 3.10. The van der Waals surface area contributed by atoms with Gasteiger partial charge in [-0.1, -0.05) is 0 Å². The molecule has 2 amide bonds. The first kappa shape index (κ1) is 16.4. The average Bonchev–Trinajstić information content (AvgIpc) is 3.32. The summed E-state index contributed by atoms with van der Waals surface area (Å²) < 4.78 is 5.81. The van der Waals surface area contributed by atoms with Crippen LogP contribution in [0.3, 0.4) is 0 Å². The second-order valence-corrected chi connectivity index (χ2v) is 7.30. The van der Waals surface area contributed by atoms with Crippen LogP contribution in [0.4, 0.5) is 0 Å². The summed E-state index contributed by atoms with van der Waals surface area (Å²) in [5.74, 6) is 0.259. The minimum Gasteiger partial charge on any atom is -0.376 e. The van der Waals surface area contributed by atoms with E-state index in [4.69, 9.17) is 4.74 Å². The Morgan fingerprint density at radius 1 is 1.20 bits per heavy atom. The van der Waals surface area contributed by atoms with Gasteiger partial charge in [0.2, 0.25) is 11.8 Å². The van der Waals surface area contributed by atoms with Gasteiger partial charge in [-0.05, 0) is 31.2 Å². The number of amides is 2. The minimum atomic E-state index is -0.147. The van der Waals surface area contributed by atoms with Gasteiger partial charge < -0.3 is 15.0 Å². The number of carbonyl (C=O) groups is 2. The maximum atomic E-state index is 12.7. The molecule has 1 aliphatic carbocycles. The van der Waals surface area contributed by atoms with Gasteiger partial charge in [0.15, 0.2) is 0 Å². The molecule has 0 spiro atoms. The van der Waals surface area contributed by atoms with E-state index in [2.05, 4.69) is 15.3 Å². The first-order chi connectivity index (χ1) is 12.2. The van der Waals surface area contributed by atoms with Crippen LogP contribution in [-0.2, 0) is 20.7 Å². The van der Waals surface area contributed by atoms with Gasteiger partial charge in [-0.15, -0.1) is 0 Å². The number of fused-ring (bicyclic) bond motifs is 1. The maximum absolute atomic E-state index is 12.7. The van der Waals surface area contributed by atoms with Crippen LogP contribution in [0, 0.1) is 11.8 Å². The Hall–Kier alpha value is -2.02. The first-order valence-corrected chi connectivity index (χ1v) is 9.14. The van der Waals surface area contributed by atoms with Crippen LogP contribution in [-0.4, -0.2) is 58.5 Å². The molecule has 3 aliphatic rings. The van der Waals surface area contributed by atoms with Crippen molar-refractivity contribution in [2.45, 2.75) is 44.2 Å². The van der Waals surface area contributed by atoms with E-state index in [1.807, 2.05) is 4.90 Å². The van der Waals surface area contributed by atoms with Crippen LogP contribution in [0.5, 0.6) is 0 Å². The molecule has 3 atom stereocenters. The van der Waals surface area contributed by atoms with Gasteiger partial charge in [-0.2, -0.15) is 0 Å². The predicted molar refractivity (Wildman–Crippen MR) is 89.4 cm³/mol. The normalized spacial score (nSPS) is 28.5. The number of likely N-dealkylation sites (tertiary alicyclic amines) is 1. The van der Waals surface area contributed by atoms with Crippen molar-refractivity contribution in [1.29, 1.82) is 0 Å². The monoisotopic (exact) mass is 344 g/mol. The lowest BCUT2D eigenvalue weighted by molar-refractivity contribution is -0.141. The molecule has 134 valence electrons. The third-order valence-corrected chi connectivity index (χ3v) is 5.45. The molecule has 7 heteroatoms. The zero-order chi connectivity index (χ0) is 17.2. The molecular formula is C18H24N4O3. The van der Waals surface area contributed by atoms with Crippen molar-refractivity contribution in [1.82, 2.24) is 20.2 Å². The first-order valence-electron chi connectivity index (χ1n) is 9.14. The highest BCUT2D eigenvalue weighted by Crippen LogP contribution is 2.34. The highest BCUT2D eigenvalue weighted by atomic mass is 16.5. The molecule has 3 fully saturated rings. The highest BCUT2D eigenvalue weighted by Gasteiger charge is 2.45. The van der Waals surface area contributed by atoms with E-state index < -0.39 is 0 Å². The molecule has 2 saturated heterocycles. The zero-order valence-corrected chi connectivity index (χ0v) is 14.3. The van der Waals surface area contributed by atoms with Crippen molar-refractivity contribution < 1.29 is 14.3 Å². The Morgan fingerprint density at radius 2 is 2.00 bits per heavy atom. The van der Waals surface area contributed by atoms with Gasteiger partial charge in [-0.3, -0.25) is 9.59 Å². The second kappa shape index (κ2) is 7.07. The van der Waals surface area contributed by atoms with Gasteiger partial charge in [-0.25, -0.2) is 9.97 Å². The molecule has 1 N–H and O–H groups in total. The predicted octanol–water partition coefficient (Wildman–Crippen LogP) is 0.551. The number of ether oxygens (including phenoxy) is 1. The number of aryl methyl sites for hydroxylation is 1. The summed E-state index contributed by atoms with van der Waals surface area (Å²) in [6.07, 6.45) is 9.03. The molecular weight excluding hydrogens is 320 g/mol. The standard InChI is InChI=1S/C18H24N4O3/c23-17(4-1-12-7-19-11-20-8-12)22-9-15(18(24)21-13-2-3-13)14-5-6-25-16(14)10-22/h7-8,11,13-16H,1-6,9-10H2,(H,21,24)/t14-,15+,16+/m0/s1. The second-order valence-electron chi connectivity index (χ2n) is 7.30. The summed E-state index contributed by atoms with van der Waals surface area (Å²) in [6.45, 7) is 1.79. The minimum absolute atomic E-state index is 0.00675. The number of nitrogens with zero attached hydrogens (tertiary/aromatic N) is 3. The maximum Gasteiger partial charge on any atom is 0.225 e. The summed E-state index contributed by atoms with van der Waals surface area (Å²) in [5.41, 5.74) is 0.950. The number of hydrogen-bond acceptors (Lipinski definition) is 5. The van der Waals surface area contributed by atoms with E-state index in [1.165, 1.54) is 6.33 Å². The summed E-state index contributed by atoms with van der Waals surface area (Å²) in [4.78, 5) is 35.0. The Labute approximate surface area is 147 Å². The van der Waals surface area contributed by atoms with Gasteiger partial charge in [0, 0.05) is 50.5 Å². The number of nitrogens with one attached hydrogen (secondary N) is 1. The fourth-order valence-electron chi connectivity index (χ4n) is 3.86. The Kier molecular flexibility index (Phi) is 4.65. The number of rotatable bonds is 5. The van der Waals surface area contributed by atoms with E-state index in [0.717, 1.165) is 24.8 Å². The molecule has 0 radical (unpaired) electrons. The Morgan fingerprint density at radius 3 is 2.76 bits per heavy atom. The van der Waals surface area contributed by atoms with E-state index in [9.17, 15) is 9.59 Å². The van der Waals surface area contributed by atoms with Crippen molar-refractivity contribution in [3.8, 4) is 0 Å². The molecule has 7 nitrogen and oxygen atoms in total. The van der Waals surface area contributed by atoms with Crippen molar-refractivity contribution >= 4 is 11.8 Å². The SMILES string of the molecule is O=C(NC1CC1)[C@@H]1CN(C(=O)CCc2cncnc2)C[C@H]2OCC[C@H]21. The third kappa shape index (κ3) is 3.81. The number of carbonyl (C=O) groups excluding carboxylic acids is 2. The molecule has 0 unspecified atom stereocenters. The lowest BCUT2D eigenvalue weighted by Crippen LogP contribution is -2.54. The molecule has 0 aromatic carbocycles. The van der Waals surface area contributed by atoms with Crippen LogP contribution in [0.1, 0.15) is 31.2 Å². The molecule has 25 heavy (non-hydrogen) atoms. The fourth-order valence-corrected chi connectivity index (χ4v) is 3.86. The molecule has 1 saturated carbocycles. The Balaban J connectivity index is 1.38. The van der Waals surface area contributed by atoms with Crippen LogP contribution in [0.25, 0.3) is 0 Å². The van der Waals surface area contributed by atoms with Gasteiger partial charge in [0.25, 0.3) is 0 Å². The molecule has 1 aromatic heterocycles. The van der Waals surface area contributed by atoms with Gasteiger partial charge in [0.1, 0.15) is 6.33 Å². The van der Waals surface area contributed by atoms with E-state index in [1.54, 1.807) is 12.4 Å². The van der Waals surface area contributed by atoms with E-state index in [-0.39, 0.29) is 29.8 Å². The van der Waals surface area contributed by atoms with Gasteiger partial charge >= 0.3 is 0 Å². The average molecular weight is 344 g/mol. The molecule has 1 aromatic rings. The highest BCUT2D eigenvalue weighted by molar-refractivity contribution is 5.82. The largest absolute Gasteiger partial charge is 0.376 e. The fraction of sp³-hybridized carbons (Fsp3) is 0.667. The lowest BCUT2D eigenvalue weighted by atomic mass is 9.82. The molecule has 2 aliphatic heterocycles. The quantitative estimate of drug-likeness (QED) is 0.843. The third-order valence-electron chi connectivity index (χ3n) is 5.45. The molecule has 3 heterocycles. The Bertz CT molecular complexity index is 634. The number of hydrogen-bond donors (Lipinski definition) is 1.